The second-order valence-corrected chi connectivity index (χ2v) is 2.24. The summed E-state index contributed by atoms with van der Waals surface area (Å²) in [6.07, 6.45) is 1.52. The van der Waals surface area contributed by atoms with E-state index in [9.17, 15) is 4.79 Å². The number of rotatable bonds is 3. The molecule has 0 aliphatic carbocycles. The SMILES string of the molecule is COC(=O)CC[CH2][Mg+].[Br-]. The molecule has 0 atom stereocenters. The zero-order chi connectivity index (χ0) is 6.41. The van der Waals surface area contributed by atoms with Crippen LogP contribution in [0.15, 0.2) is 0 Å². The molecule has 0 aromatic heterocycles. The number of halogens is 1. The minimum Gasteiger partial charge on any atom is -1.00 e. The van der Waals surface area contributed by atoms with Gasteiger partial charge in [0.1, 0.15) is 0 Å². The molecule has 0 aliphatic rings. The molecule has 0 spiro atoms. The molecule has 4 heteroatoms. The molecule has 0 bridgehead atoms. The van der Waals surface area contributed by atoms with Crippen LogP contribution in [0.4, 0.5) is 0 Å². The van der Waals surface area contributed by atoms with Crippen molar-refractivity contribution in [3.63, 3.8) is 0 Å². The summed E-state index contributed by atoms with van der Waals surface area (Å²) in [5.74, 6) is -0.100. The van der Waals surface area contributed by atoms with Gasteiger partial charge in [0.2, 0.25) is 0 Å². The van der Waals surface area contributed by atoms with E-state index in [1.807, 2.05) is 21.7 Å². The Bertz CT molecular complexity index is 77.4. The molecule has 9 heavy (non-hydrogen) atoms. The maximum absolute atomic E-state index is 10.4. The van der Waals surface area contributed by atoms with Crippen molar-refractivity contribution in [3.8, 4) is 0 Å². The van der Waals surface area contributed by atoms with Crippen LogP contribution < -0.4 is 17.0 Å². The van der Waals surface area contributed by atoms with Crippen molar-refractivity contribution in [1.29, 1.82) is 0 Å². The first-order valence-electron chi connectivity index (χ1n) is 2.67. The van der Waals surface area contributed by atoms with Crippen molar-refractivity contribution in [2.75, 3.05) is 7.11 Å². The van der Waals surface area contributed by atoms with Gasteiger partial charge in [0.15, 0.2) is 0 Å². The number of hydrogen-bond donors (Lipinski definition) is 0. The summed E-state index contributed by atoms with van der Waals surface area (Å²) >= 11 is 1.87. The maximum Gasteiger partial charge on any atom is -1.00 e. The van der Waals surface area contributed by atoms with E-state index in [1.165, 1.54) is 7.11 Å². The van der Waals surface area contributed by atoms with E-state index in [0.717, 1.165) is 11.0 Å². The van der Waals surface area contributed by atoms with Crippen LogP contribution in [0.1, 0.15) is 12.8 Å². The average Bonchev–Trinajstić information content (AvgIpc) is 1.83. The van der Waals surface area contributed by atoms with Gasteiger partial charge in [-0.2, -0.15) is 0 Å². The first-order chi connectivity index (χ1) is 3.81. The number of methoxy groups -OCH3 is 1. The van der Waals surface area contributed by atoms with E-state index in [-0.39, 0.29) is 23.0 Å². The molecule has 0 radical (unpaired) electrons. The Morgan fingerprint density at radius 1 is 1.67 bits per heavy atom. The molecule has 0 fully saturated rings. The van der Waals surface area contributed by atoms with E-state index < -0.39 is 0 Å². The van der Waals surface area contributed by atoms with Gasteiger partial charge in [0.25, 0.3) is 0 Å². The second-order valence-electron chi connectivity index (χ2n) is 1.53. The number of carbonyl (C=O) groups excluding carboxylic acids is 1. The zero-order valence-electron chi connectivity index (χ0n) is 5.52. The van der Waals surface area contributed by atoms with Crippen LogP contribution in [0, 0.1) is 0 Å². The Hall–Kier alpha value is 0.716. The molecule has 0 saturated carbocycles. The largest absolute Gasteiger partial charge is 1.00 e. The van der Waals surface area contributed by atoms with Crippen LogP contribution in [-0.4, -0.2) is 34.8 Å². The van der Waals surface area contributed by atoms with Crippen LogP contribution in [0.25, 0.3) is 0 Å². The van der Waals surface area contributed by atoms with Gasteiger partial charge in [-0.3, -0.25) is 0 Å². The Kier molecular flexibility index (Phi) is 12.0. The standard InChI is InChI=1S/C5H9O2.BrH.Mg/c1-3-4-5(6)7-2;;/h1,3-4H2,2H3;1H;/q;;+1/p-1. The predicted octanol–water partition coefficient (Wildman–Crippen LogP) is -2.47. The molecule has 50 valence electrons. The van der Waals surface area contributed by atoms with Gasteiger partial charge in [-0.1, -0.05) is 0 Å². The van der Waals surface area contributed by atoms with Gasteiger partial charge < -0.3 is 17.0 Å². The minimum absolute atomic E-state index is 0. The third kappa shape index (κ3) is 8.72. The average molecular weight is 205 g/mol. The Morgan fingerprint density at radius 3 is 2.56 bits per heavy atom. The van der Waals surface area contributed by atoms with Crippen molar-refractivity contribution in [2.24, 2.45) is 0 Å². The fraction of sp³-hybridized carbons (Fsp3) is 0.800. The predicted molar refractivity (Wildman–Crippen MR) is 31.8 cm³/mol. The van der Waals surface area contributed by atoms with Gasteiger partial charge in [0, 0.05) is 0 Å². The minimum atomic E-state index is -0.100. The second kappa shape index (κ2) is 8.72. The summed E-state index contributed by atoms with van der Waals surface area (Å²) in [6.45, 7) is 0. The number of ether oxygens (including phenoxy) is 1. The fourth-order valence-electron chi connectivity index (χ4n) is 0.371. The number of hydrogen-bond acceptors (Lipinski definition) is 2. The number of esters is 1. The molecule has 0 aromatic rings. The van der Waals surface area contributed by atoms with Crippen molar-refractivity contribution in [3.05, 3.63) is 0 Å². The van der Waals surface area contributed by atoms with Crippen molar-refractivity contribution >= 4 is 27.7 Å². The smallest absolute Gasteiger partial charge is 1.00 e. The summed E-state index contributed by atoms with van der Waals surface area (Å²) in [5.41, 5.74) is 0. The van der Waals surface area contributed by atoms with Crippen molar-refractivity contribution < 1.29 is 26.5 Å². The Labute approximate surface area is 78.5 Å². The molecule has 0 heterocycles. The van der Waals surface area contributed by atoms with Gasteiger partial charge in [0.05, 0.1) is 0 Å². The molecule has 0 aliphatic heterocycles. The van der Waals surface area contributed by atoms with Crippen molar-refractivity contribution in [2.45, 2.75) is 17.4 Å². The van der Waals surface area contributed by atoms with Gasteiger partial charge in [-0.25, -0.2) is 0 Å². The molecule has 0 aromatic carbocycles. The first kappa shape index (κ1) is 12.4. The third-order valence-electron chi connectivity index (χ3n) is 0.859. The van der Waals surface area contributed by atoms with E-state index in [2.05, 4.69) is 4.74 Å². The molecule has 0 N–H and O–H groups in total. The van der Waals surface area contributed by atoms with E-state index in [0.29, 0.717) is 6.42 Å². The van der Waals surface area contributed by atoms with E-state index >= 15 is 0 Å². The first-order valence-corrected chi connectivity index (χ1v) is 3.67. The molecule has 0 saturated heterocycles. The summed E-state index contributed by atoms with van der Waals surface area (Å²) in [7, 11) is 1.42. The summed E-state index contributed by atoms with van der Waals surface area (Å²) in [5, 5.41) is 0. The molecule has 2 nitrogen and oxygen atoms in total. The maximum atomic E-state index is 10.4. The summed E-state index contributed by atoms with van der Waals surface area (Å²) < 4.78 is 5.49. The molecular formula is C5H9BrMgO2. The molecule has 0 unspecified atom stereocenters. The Morgan fingerprint density at radius 2 is 2.22 bits per heavy atom. The molecule has 0 amide bonds. The quantitative estimate of drug-likeness (QED) is 0.377. The fourth-order valence-corrected chi connectivity index (χ4v) is 0.621. The van der Waals surface area contributed by atoms with Crippen LogP contribution in [0.5, 0.6) is 0 Å². The normalized spacial score (nSPS) is 7.89. The topological polar surface area (TPSA) is 26.3 Å². The van der Waals surface area contributed by atoms with Crippen LogP contribution in [0.3, 0.4) is 0 Å². The Balaban J connectivity index is 0. The summed E-state index contributed by atoms with van der Waals surface area (Å²) in [4.78, 5) is 10.4. The van der Waals surface area contributed by atoms with Gasteiger partial charge in [-0.15, -0.1) is 0 Å². The zero-order valence-corrected chi connectivity index (χ0v) is 8.52. The van der Waals surface area contributed by atoms with E-state index in [4.69, 9.17) is 0 Å². The van der Waals surface area contributed by atoms with Crippen molar-refractivity contribution in [1.82, 2.24) is 0 Å². The van der Waals surface area contributed by atoms with Crippen LogP contribution in [-0.2, 0) is 9.53 Å². The van der Waals surface area contributed by atoms with Crippen LogP contribution >= 0.6 is 0 Å². The van der Waals surface area contributed by atoms with Gasteiger partial charge >= 0.3 is 61.7 Å². The third-order valence-corrected chi connectivity index (χ3v) is 1.36. The van der Waals surface area contributed by atoms with Crippen LogP contribution in [0.2, 0.25) is 4.55 Å². The molecule has 0 rings (SSSR count). The summed E-state index contributed by atoms with van der Waals surface area (Å²) in [6, 6.07) is 0. The monoisotopic (exact) mass is 204 g/mol. The van der Waals surface area contributed by atoms with E-state index in [1.54, 1.807) is 0 Å². The van der Waals surface area contributed by atoms with Gasteiger partial charge in [-0.05, 0) is 0 Å². The number of carbonyl (C=O) groups is 1. The molecular weight excluding hydrogens is 196 g/mol.